The Bertz CT molecular complexity index is 2480. The minimum atomic E-state index is -4.99. The third-order valence-corrected chi connectivity index (χ3v) is 19.3. The molecule has 0 saturated carbocycles. The van der Waals surface area contributed by atoms with E-state index in [0.717, 1.165) is 180 Å². The van der Waals surface area contributed by atoms with Crippen molar-refractivity contribution in [2.45, 2.75) is 367 Å². The number of aliphatic hydroxyl groups excluding tert-OH is 1. The van der Waals surface area contributed by atoms with Crippen molar-refractivity contribution in [1.29, 1.82) is 0 Å². The number of hydrogen-bond donors (Lipinski definition) is 3. The van der Waals surface area contributed by atoms with E-state index in [2.05, 4.69) is 149 Å². The lowest BCUT2D eigenvalue weighted by atomic mass is 10.0. The van der Waals surface area contributed by atoms with E-state index in [1.165, 1.54) is 89.9 Å². The quantitative estimate of drug-likeness (QED) is 0.0169. The summed E-state index contributed by atoms with van der Waals surface area (Å²) in [5.74, 6) is -2.22. The van der Waals surface area contributed by atoms with Crippen LogP contribution in [0.1, 0.15) is 349 Å². The molecule has 0 aliphatic carbocycles. The number of phosphoric ester groups is 2. The number of aliphatic hydroxyl groups is 1. The fourth-order valence-electron chi connectivity index (χ4n) is 11.1. The number of hydrogen-bond acceptors (Lipinski definition) is 15. The molecule has 0 aromatic rings. The fourth-order valence-corrected chi connectivity index (χ4v) is 12.7. The lowest BCUT2D eigenvalue weighted by Gasteiger charge is -2.21. The highest BCUT2D eigenvalue weighted by Gasteiger charge is 2.30. The average Bonchev–Trinajstić information content (AvgIpc) is 0.901. The normalized spacial score (nSPS) is 14.4. The van der Waals surface area contributed by atoms with Crippen LogP contribution in [0, 0.1) is 0 Å². The molecular weight excluding hydrogens is 1380 g/mol. The monoisotopic (exact) mass is 1530 g/mol. The number of carbonyl (C=O) groups excluding carboxylic acids is 4. The van der Waals surface area contributed by atoms with Gasteiger partial charge in [-0.1, -0.05) is 310 Å². The number of allylic oxidation sites excluding steroid dienone is 20. The van der Waals surface area contributed by atoms with Crippen molar-refractivity contribution < 1.29 is 80.2 Å². The van der Waals surface area contributed by atoms with Crippen LogP contribution in [0.5, 0.6) is 0 Å². The molecule has 19 heteroatoms. The molecule has 0 aliphatic rings. The van der Waals surface area contributed by atoms with Gasteiger partial charge in [-0.05, 0) is 135 Å². The van der Waals surface area contributed by atoms with Gasteiger partial charge < -0.3 is 33.8 Å². The van der Waals surface area contributed by atoms with Gasteiger partial charge in [0.25, 0.3) is 0 Å². The maximum atomic E-state index is 13.1. The smallest absolute Gasteiger partial charge is 0.462 e. The Balaban J connectivity index is 5.38. The lowest BCUT2D eigenvalue weighted by molar-refractivity contribution is -0.161. The van der Waals surface area contributed by atoms with E-state index in [4.69, 9.17) is 37.0 Å². The predicted octanol–water partition coefficient (Wildman–Crippen LogP) is 24.7. The van der Waals surface area contributed by atoms with Gasteiger partial charge in [0.15, 0.2) is 12.2 Å². The Hall–Kier alpha value is -4.54. The lowest BCUT2D eigenvalue weighted by Crippen LogP contribution is -2.30. The molecule has 0 heterocycles. The number of phosphoric acid groups is 2. The zero-order valence-corrected chi connectivity index (χ0v) is 68.6. The SMILES string of the molecule is CC/C=C\C/C=C\C/C=C\C/C=C\C/C=C\CCCCCC(=O)OCC(COP(=O)(O)OCC(O)COP(=O)(O)OCC(COC(=O)CCCCCCCC/C=C\C/C=C\C/C=C\C/C=C\CC)OC(=O)CCCCCCCCCCCCCCCCC)OC(=O)CCCCCCC/C=C\CCCCCC. The van der Waals surface area contributed by atoms with Gasteiger partial charge in [0.05, 0.1) is 26.4 Å². The highest BCUT2D eigenvalue weighted by atomic mass is 31.2. The largest absolute Gasteiger partial charge is 0.472 e. The van der Waals surface area contributed by atoms with Crippen LogP contribution in [0.2, 0.25) is 0 Å². The standard InChI is InChI=1S/C87H150O17P2/c1-5-9-13-17-21-25-29-33-36-38-40-42-45-48-51-55-59-63-67-71-84(89)97-77-82(103-86(91)73-69-65-61-57-53-47-32-28-24-20-16-12-8-4)79-101-105(93,94)99-75-81(88)76-100-106(95,96)102-80-83(104-87(92)74-70-66-62-58-54-50-44-35-31-27-23-19-15-11-7-3)78-98-85(90)72-68-64-60-56-52-49-46-43-41-39-37-34-30-26-22-18-14-10-6-2/h9-10,13-14,21-22,25-26,28,32-34,36-37,40-43,48,51,81-83,88H,5-8,11-12,15-20,23-24,27,29-31,35,38-39,44-47,49-50,52-80H2,1-4H3,(H,93,94)(H,95,96)/b13-9-,14-10-,25-21-,26-22-,32-28-,36-33-,37-34-,42-40-,43-41-,51-48-. The summed E-state index contributed by atoms with van der Waals surface area (Å²) in [6.45, 7) is 4.62. The van der Waals surface area contributed by atoms with Gasteiger partial charge in [-0.3, -0.25) is 37.3 Å². The highest BCUT2D eigenvalue weighted by Crippen LogP contribution is 2.45. The minimum absolute atomic E-state index is 0.0760. The van der Waals surface area contributed by atoms with Crippen molar-refractivity contribution in [3.63, 3.8) is 0 Å². The molecule has 0 aromatic heterocycles. The highest BCUT2D eigenvalue weighted by molar-refractivity contribution is 7.47. The van der Waals surface area contributed by atoms with Crippen LogP contribution in [0.25, 0.3) is 0 Å². The zero-order valence-electron chi connectivity index (χ0n) is 66.8. The van der Waals surface area contributed by atoms with Crippen LogP contribution in [-0.2, 0) is 65.4 Å². The van der Waals surface area contributed by atoms with E-state index >= 15 is 0 Å². The van der Waals surface area contributed by atoms with Crippen molar-refractivity contribution in [3.8, 4) is 0 Å². The van der Waals surface area contributed by atoms with Crippen molar-refractivity contribution >= 4 is 39.5 Å². The summed E-state index contributed by atoms with van der Waals surface area (Å²) < 4.78 is 68.7. The van der Waals surface area contributed by atoms with Crippen LogP contribution < -0.4 is 0 Å². The van der Waals surface area contributed by atoms with E-state index in [9.17, 15) is 43.2 Å². The van der Waals surface area contributed by atoms with Crippen LogP contribution in [0.3, 0.4) is 0 Å². The molecule has 610 valence electrons. The summed E-state index contributed by atoms with van der Waals surface area (Å²) >= 11 is 0. The van der Waals surface area contributed by atoms with E-state index in [1.54, 1.807) is 0 Å². The predicted molar refractivity (Wildman–Crippen MR) is 436 cm³/mol. The molecule has 106 heavy (non-hydrogen) atoms. The van der Waals surface area contributed by atoms with Gasteiger partial charge in [-0.25, -0.2) is 9.13 Å². The molecule has 0 aliphatic heterocycles. The first-order chi connectivity index (χ1) is 51.7. The summed E-state index contributed by atoms with van der Waals surface area (Å²) in [4.78, 5) is 73.1. The van der Waals surface area contributed by atoms with Crippen LogP contribution in [0.4, 0.5) is 0 Å². The van der Waals surface area contributed by atoms with Gasteiger partial charge in [-0.2, -0.15) is 0 Å². The number of carbonyl (C=O) groups is 4. The van der Waals surface area contributed by atoms with E-state index in [-0.39, 0.29) is 25.7 Å². The second-order valence-electron chi connectivity index (χ2n) is 27.7. The fraction of sp³-hybridized carbons (Fsp3) is 0.724. The third-order valence-electron chi connectivity index (χ3n) is 17.4. The van der Waals surface area contributed by atoms with E-state index in [0.29, 0.717) is 25.7 Å². The Kier molecular flexibility index (Phi) is 75.2. The number of unbranched alkanes of at least 4 members (excludes halogenated alkanes) is 32. The van der Waals surface area contributed by atoms with Crippen LogP contribution >= 0.6 is 15.6 Å². The van der Waals surface area contributed by atoms with Gasteiger partial charge in [0, 0.05) is 25.7 Å². The first-order valence-electron chi connectivity index (χ1n) is 41.8. The number of esters is 4. The van der Waals surface area contributed by atoms with Crippen LogP contribution in [-0.4, -0.2) is 96.7 Å². The van der Waals surface area contributed by atoms with E-state index in [1.807, 2.05) is 0 Å². The topological polar surface area (TPSA) is 237 Å². The van der Waals surface area contributed by atoms with E-state index < -0.39 is 97.5 Å². The van der Waals surface area contributed by atoms with Gasteiger partial charge in [0.2, 0.25) is 0 Å². The third kappa shape index (κ3) is 77.6. The molecule has 0 radical (unpaired) electrons. The summed E-state index contributed by atoms with van der Waals surface area (Å²) in [5, 5.41) is 10.7. The molecule has 0 spiro atoms. The molecule has 3 N–H and O–H groups in total. The molecule has 0 saturated heterocycles. The molecule has 0 bridgehead atoms. The van der Waals surface area contributed by atoms with Gasteiger partial charge in [-0.15, -0.1) is 0 Å². The Labute approximate surface area is 644 Å². The summed E-state index contributed by atoms with van der Waals surface area (Å²) in [6, 6.07) is 0. The van der Waals surface area contributed by atoms with Crippen molar-refractivity contribution in [3.05, 3.63) is 122 Å². The van der Waals surface area contributed by atoms with Crippen molar-refractivity contribution in [1.82, 2.24) is 0 Å². The zero-order chi connectivity index (χ0) is 77.4. The summed E-state index contributed by atoms with van der Waals surface area (Å²) in [7, 11) is -9.97. The molecular formula is C87H150O17P2. The molecule has 0 aromatic carbocycles. The maximum absolute atomic E-state index is 13.1. The Morgan fingerprint density at radius 1 is 0.274 bits per heavy atom. The number of ether oxygens (including phenoxy) is 4. The van der Waals surface area contributed by atoms with Crippen molar-refractivity contribution in [2.75, 3.05) is 39.6 Å². The molecule has 17 nitrogen and oxygen atoms in total. The second kappa shape index (κ2) is 78.6. The maximum Gasteiger partial charge on any atom is 0.472 e. The molecule has 5 unspecified atom stereocenters. The molecule has 5 atom stereocenters. The summed E-state index contributed by atoms with van der Waals surface area (Å²) in [5.41, 5.74) is 0. The van der Waals surface area contributed by atoms with Gasteiger partial charge in [0.1, 0.15) is 19.3 Å². The number of rotatable bonds is 78. The average molecular weight is 1530 g/mol. The first kappa shape index (κ1) is 101. The molecule has 0 amide bonds. The Morgan fingerprint density at radius 3 is 0.783 bits per heavy atom. The first-order valence-corrected chi connectivity index (χ1v) is 44.8. The van der Waals surface area contributed by atoms with Crippen molar-refractivity contribution in [2.24, 2.45) is 0 Å². The molecule has 0 fully saturated rings. The summed E-state index contributed by atoms with van der Waals surface area (Å²) in [6.07, 6.45) is 87.3. The second-order valence-corrected chi connectivity index (χ2v) is 30.6. The van der Waals surface area contributed by atoms with Gasteiger partial charge >= 0.3 is 39.5 Å². The minimum Gasteiger partial charge on any atom is -0.462 e. The Morgan fingerprint density at radius 2 is 0.491 bits per heavy atom. The van der Waals surface area contributed by atoms with Crippen LogP contribution in [0.15, 0.2) is 122 Å². The molecule has 0 rings (SSSR count).